The summed E-state index contributed by atoms with van der Waals surface area (Å²) in [5.74, 6) is -0.353. The Morgan fingerprint density at radius 3 is 2.26 bits per heavy atom. The maximum atomic E-state index is 12.6. The van der Waals surface area contributed by atoms with Crippen LogP contribution in [-0.4, -0.2) is 22.8 Å². The molecule has 7 heteroatoms. The van der Waals surface area contributed by atoms with Crippen LogP contribution in [0.4, 0.5) is 0 Å². The zero-order valence-corrected chi connectivity index (χ0v) is 17.4. The first-order valence-corrected chi connectivity index (χ1v) is 9.70. The van der Waals surface area contributed by atoms with Crippen LogP contribution in [0.1, 0.15) is 31.4 Å². The van der Waals surface area contributed by atoms with Crippen molar-refractivity contribution < 1.29 is 9.59 Å². The first-order chi connectivity index (χ1) is 12.8. The predicted octanol–water partition coefficient (Wildman–Crippen LogP) is 5.09. The number of hydrogen-bond acceptors (Lipinski definition) is 2. The minimum Gasteiger partial charge on any atom is -0.350 e. The van der Waals surface area contributed by atoms with E-state index in [1.165, 1.54) is 0 Å². The molecule has 0 aliphatic rings. The van der Waals surface area contributed by atoms with Crippen molar-refractivity contribution in [1.29, 1.82) is 0 Å². The summed E-state index contributed by atoms with van der Waals surface area (Å²) in [6.07, 6.45) is 0.314. The summed E-state index contributed by atoms with van der Waals surface area (Å²) < 4.78 is 0. The van der Waals surface area contributed by atoms with Gasteiger partial charge in [0.15, 0.2) is 0 Å². The van der Waals surface area contributed by atoms with Crippen molar-refractivity contribution in [3.63, 3.8) is 0 Å². The van der Waals surface area contributed by atoms with Crippen molar-refractivity contribution in [3.05, 3.63) is 68.7 Å². The van der Waals surface area contributed by atoms with Gasteiger partial charge >= 0.3 is 0 Å². The number of nitrogens with one attached hydrogen (secondary N) is 1. The Balaban J connectivity index is 2.06. The second kappa shape index (κ2) is 9.98. The molecule has 2 rings (SSSR count). The smallest absolute Gasteiger partial charge is 0.242 e. The van der Waals surface area contributed by atoms with Gasteiger partial charge in [0.25, 0.3) is 0 Å². The average Bonchev–Trinajstić information content (AvgIpc) is 2.65. The van der Waals surface area contributed by atoms with E-state index in [1.807, 2.05) is 12.1 Å². The number of benzene rings is 2. The molecule has 1 atom stereocenters. The minimum absolute atomic E-state index is 0.0999. The molecule has 0 radical (unpaired) electrons. The van der Waals surface area contributed by atoms with Gasteiger partial charge in [-0.1, -0.05) is 59.9 Å². The molecule has 2 aromatic carbocycles. The molecule has 0 heterocycles. The lowest BCUT2D eigenvalue weighted by Crippen LogP contribution is -2.47. The van der Waals surface area contributed by atoms with Gasteiger partial charge in [-0.25, -0.2) is 0 Å². The summed E-state index contributed by atoms with van der Waals surface area (Å²) >= 11 is 17.9. The van der Waals surface area contributed by atoms with Gasteiger partial charge in [-0.3, -0.25) is 9.59 Å². The Hall–Kier alpha value is -1.75. The highest BCUT2D eigenvalue weighted by atomic mass is 35.5. The van der Waals surface area contributed by atoms with Gasteiger partial charge in [0.1, 0.15) is 6.04 Å². The maximum Gasteiger partial charge on any atom is 0.242 e. The zero-order valence-electron chi connectivity index (χ0n) is 15.1. The van der Waals surface area contributed by atoms with Crippen LogP contribution in [0.25, 0.3) is 0 Å². The Morgan fingerprint density at radius 1 is 1.04 bits per heavy atom. The molecular weight excluding hydrogens is 407 g/mol. The van der Waals surface area contributed by atoms with Gasteiger partial charge in [0, 0.05) is 34.6 Å². The summed E-state index contributed by atoms with van der Waals surface area (Å²) in [5.41, 5.74) is 1.66. The van der Waals surface area contributed by atoms with Gasteiger partial charge in [-0.05, 0) is 42.3 Å². The lowest BCUT2D eigenvalue weighted by atomic mass is 10.1. The molecule has 2 aromatic rings. The second-order valence-corrected chi connectivity index (χ2v) is 7.41. The van der Waals surface area contributed by atoms with Crippen LogP contribution in [0.3, 0.4) is 0 Å². The van der Waals surface area contributed by atoms with Crippen LogP contribution in [-0.2, 0) is 22.7 Å². The van der Waals surface area contributed by atoms with Crippen LogP contribution in [0, 0.1) is 0 Å². The van der Waals surface area contributed by atoms with E-state index in [0.717, 1.165) is 11.1 Å². The van der Waals surface area contributed by atoms with Gasteiger partial charge in [0.2, 0.25) is 11.8 Å². The highest BCUT2D eigenvalue weighted by Gasteiger charge is 2.25. The van der Waals surface area contributed by atoms with Gasteiger partial charge in [-0.2, -0.15) is 0 Å². The van der Waals surface area contributed by atoms with E-state index in [1.54, 1.807) is 49.1 Å². The fourth-order valence-corrected chi connectivity index (χ4v) is 3.17. The van der Waals surface area contributed by atoms with Crippen molar-refractivity contribution >= 4 is 46.6 Å². The van der Waals surface area contributed by atoms with E-state index < -0.39 is 6.04 Å². The summed E-state index contributed by atoms with van der Waals surface area (Å²) in [4.78, 5) is 26.5. The SMILES string of the molecule is CCC(=O)N(Cc1ccc(Cl)cc1)[C@@H](C)C(=O)NCc1ccc(Cl)cc1Cl. The van der Waals surface area contributed by atoms with Crippen LogP contribution in [0.2, 0.25) is 15.1 Å². The number of amides is 2. The van der Waals surface area contributed by atoms with Gasteiger partial charge in [0.05, 0.1) is 0 Å². The quantitative estimate of drug-likeness (QED) is 0.669. The monoisotopic (exact) mass is 426 g/mol. The topological polar surface area (TPSA) is 49.4 Å². The largest absolute Gasteiger partial charge is 0.350 e. The van der Waals surface area contributed by atoms with Gasteiger partial charge < -0.3 is 10.2 Å². The molecule has 4 nitrogen and oxygen atoms in total. The average molecular weight is 428 g/mol. The number of halogens is 3. The summed E-state index contributed by atoms with van der Waals surface area (Å²) in [6.45, 7) is 4.08. The van der Waals surface area contributed by atoms with E-state index in [4.69, 9.17) is 34.8 Å². The van der Waals surface area contributed by atoms with Crippen molar-refractivity contribution in [3.8, 4) is 0 Å². The third-order valence-electron chi connectivity index (χ3n) is 4.20. The molecule has 0 saturated heterocycles. The molecule has 0 aromatic heterocycles. The van der Waals surface area contributed by atoms with Crippen LogP contribution in [0.15, 0.2) is 42.5 Å². The summed E-state index contributed by atoms with van der Waals surface area (Å²) in [7, 11) is 0. The normalized spacial score (nSPS) is 11.7. The third kappa shape index (κ3) is 6.13. The first kappa shape index (κ1) is 21.5. The predicted molar refractivity (Wildman–Crippen MR) is 110 cm³/mol. The Bertz CT molecular complexity index is 809. The van der Waals surface area contributed by atoms with E-state index in [2.05, 4.69) is 5.32 Å². The molecular formula is C20H21Cl3N2O2. The standard InChI is InChI=1S/C20H21Cl3N2O2/c1-3-19(26)25(12-14-4-7-16(21)8-5-14)13(2)20(27)24-11-15-6-9-17(22)10-18(15)23/h4-10,13H,3,11-12H2,1-2H3,(H,24,27)/t13-/m0/s1. The minimum atomic E-state index is -0.626. The Kier molecular flexibility index (Phi) is 7.96. The molecule has 2 amide bonds. The molecule has 0 unspecified atom stereocenters. The van der Waals surface area contributed by atoms with Crippen LogP contribution < -0.4 is 5.32 Å². The zero-order chi connectivity index (χ0) is 20.0. The first-order valence-electron chi connectivity index (χ1n) is 8.57. The summed E-state index contributed by atoms with van der Waals surface area (Å²) in [5, 5.41) is 4.47. The number of carbonyl (C=O) groups is 2. The van der Waals surface area contributed by atoms with Crippen LogP contribution >= 0.6 is 34.8 Å². The Morgan fingerprint density at radius 2 is 1.67 bits per heavy atom. The number of carbonyl (C=O) groups excluding carboxylic acids is 2. The molecule has 0 fully saturated rings. The van der Waals surface area contributed by atoms with Crippen molar-refractivity contribution in [2.45, 2.75) is 39.4 Å². The molecule has 0 spiro atoms. The van der Waals surface area contributed by atoms with Crippen molar-refractivity contribution in [2.75, 3.05) is 0 Å². The molecule has 1 N–H and O–H groups in total. The summed E-state index contributed by atoms with van der Waals surface area (Å²) in [6, 6.07) is 11.7. The molecule has 27 heavy (non-hydrogen) atoms. The number of rotatable bonds is 7. The second-order valence-electron chi connectivity index (χ2n) is 6.13. The van der Waals surface area contributed by atoms with Crippen LogP contribution in [0.5, 0.6) is 0 Å². The fourth-order valence-electron chi connectivity index (χ4n) is 2.57. The highest BCUT2D eigenvalue weighted by molar-refractivity contribution is 6.35. The number of hydrogen-bond donors (Lipinski definition) is 1. The lowest BCUT2D eigenvalue weighted by Gasteiger charge is -2.28. The van der Waals surface area contributed by atoms with Gasteiger partial charge in [-0.15, -0.1) is 0 Å². The molecule has 0 bridgehead atoms. The van der Waals surface area contributed by atoms with E-state index >= 15 is 0 Å². The molecule has 0 saturated carbocycles. The molecule has 0 aliphatic heterocycles. The maximum absolute atomic E-state index is 12.6. The van der Waals surface area contributed by atoms with Crippen molar-refractivity contribution in [1.82, 2.24) is 10.2 Å². The van der Waals surface area contributed by atoms with E-state index in [0.29, 0.717) is 28.0 Å². The lowest BCUT2D eigenvalue weighted by molar-refractivity contribution is -0.140. The number of nitrogens with zero attached hydrogens (tertiary/aromatic N) is 1. The highest BCUT2D eigenvalue weighted by Crippen LogP contribution is 2.21. The fraction of sp³-hybridized carbons (Fsp3) is 0.300. The van der Waals surface area contributed by atoms with E-state index in [9.17, 15) is 9.59 Å². The Labute approximate surface area is 174 Å². The van der Waals surface area contributed by atoms with Crippen molar-refractivity contribution in [2.24, 2.45) is 0 Å². The molecule has 144 valence electrons. The van der Waals surface area contributed by atoms with E-state index in [-0.39, 0.29) is 18.4 Å². The third-order valence-corrected chi connectivity index (χ3v) is 5.04. The molecule has 0 aliphatic carbocycles.